The first-order valence-electron chi connectivity index (χ1n) is 14.3. The number of unbranched alkanes of at least 4 members (excludes halogenated alkanes) is 8. The van der Waals surface area contributed by atoms with E-state index in [0.29, 0.717) is 0 Å². The predicted octanol–water partition coefficient (Wildman–Crippen LogP) is 9.27. The van der Waals surface area contributed by atoms with Crippen molar-refractivity contribution in [3.05, 3.63) is 54.1 Å². The van der Waals surface area contributed by atoms with Crippen molar-refractivity contribution in [2.24, 2.45) is 11.3 Å². The normalized spacial score (nSPS) is 13.4. The average molecular weight is 506 g/mol. The Morgan fingerprint density at radius 2 is 1.38 bits per heavy atom. The van der Waals surface area contributed by atoms with Crippen LogP contribution in [0.2, 0.25) is 0 Å². The van der Waals surface area contributed by atoms with E-state index in [4.69, 9.17) is 9.47 Å². The zero-order chi connectivity index (χ0) is 26.9. The van der Waals surface area contributed by atoms with E-state index in [1.165, 1.54) is 44.9 Å². The lowest BCUT2D eigenvalue weighted by Crippen LogP contribution is -2.34. The molecule has 2 rings (SSSR count). The lowest BCUT2D eigenvalue weighted by atomic mass is 9.76. The van der Waals surface area contributed by atoms with Crippen molar-refractivity contribution in [3.63, 3.8) is 0 Å². The molecule has 0 unspecified atom stereocenters. The molecule has 2 aromatic carbocycles. The summed E-state index contributed by atoms with van der Waals surface area (Å²) in [5.74, 6) is 0.432. The minimum absolute atomic E-state index is 0.0398. The molecule has 0 bridgehead atoms. The van der Waals surface area contributed by atoms with Crippen LogP contribution in [0, 0.1) is 22.7 Å². The van der Waals surface area contributed by atoms with E-state index in [2.05, 4.69) is 32.0 Å². The molecule has 2 aromatic rings. The molecule has 0 fully saturated rings. The molecular formula is C33H47NO3. The lowest BCUT2D eigenvalue weighted by Gasteiger charge is -2.26. The number of esters is 1. The Hall–Kier alpha value is -2.80. The van der Waals surface area contributed by atoms with Gasteiger partial charge in [0, 0.05) is 0 Å². The predicted molar refractivity (Wildman–Crippen MR) is 152 cm³/mol. The minimum atomic E-state index is -1.12. The third kappa shape index (κ3) is 10.2. The van der Waals surface area contributed by atoms with Gasteiger partial charge < -0.3 is 9.47 Å². The summed E-state index contributed by atoms with van der Waals surface area (Å²) in [4.78, 5) is 12.8. The molecule has 0 N–H and O–H groups in total. The first-order chi connectivity index (χ1) is 17.9. The van der Waals surface area contributed by atoms with Crippen molar-refractivity contribution in [2.75, 3.05) is 6.61 Å². The largest absolute Gasteiger partial charge is 0.494 e. The molecule has 0 radical (unpaired) electrons. The van der Waals surface area contributed by atoms with Crippen LogP contribution in [0.1, 0.15) is 104 Å². The average Bonchev–Trinajstić information content (AvgIpc) is 2.93. The summed E-state index contributed by atoms with van der Waals surface area (Å²) in [5, 5.41) is 9.75. The summed E-state index contributed by atoms with van der Waals surface area (Å²) in [6.45, 7) is 9.05. The molecule has 202 valence electrons. The third-order valence-electron chi connectivity index (χ3n) is 7.41. The van der Waals surface area contributed by atoms with E-state index < -0.39 is 11.4 Å². The van der Waals surface area contributed by atoms with E-state index in [1.807, 2.05) is 43.3 Å². The topological polar surface area (TPSA) is 59.3 Å². The van der Waals surface area contributed by atoms with Gasteiger partial charge in [-0.05, 0) is 54.5 Å². The van der Waals surface area contributed by atoms with Crippen molar-refractivity contribution < 1.29 is 14.3 Å². The Morgan fingerprint density at radius 1 is 0.838 bits per heavy atom. The summed E-state index contributed by atoms with van der Waals surface area (Å²) < 4.78 is 11.5. The van der Waals surface area contributed by atoms with Crippen molar-refractivity contribution in [1.82, 2.24) is 0 Å². The van der Waals surface area contributed by atoms with Crippen molar-refractivity contribution in [1.29, 1.82) is 5.26 Å². The molecule has 0 aromatic heterocycles. The zero-order valence-corrected chi connectivity index (χ0v) is 23.6. The Labute approximate surface area is 225 Å². The van der Waals surface area contributed by atoms with Crippen LogP contribution in [-0.4, -0.2) is 12.6 Å². The molecule has 4 nitrogen and oxygen atoms in total. The number of benzene rings is 2. The third-order valence-corrected chi connectivity index (χ3v) is 7.41. The van der Waals surface area contributed by atoms with Gasteiger partial charge in [-0.15, -0.1) is 0 Å². The molecule has 0 heterocycles. The van der Waals surface area contributed by atoms with E-state index in [-0.39, 0.29) is 12.5 Å². The highest BCUT2D eigenvalue weighted by atomic mass is 16.5. The Bertz CT molecular complexity index is 945. The fourth-order valence-corrected chi connectivity index (χ4v) is 4.43. The number of hydrogen-bond donors (Lipinski definition) is 0. The highest BCUT2D eigenvalue weighted by molar-refractivity contribution is 5.80. The molecule has 0 saturated carbocycles. The molecule has 2 atom stereocenters. The first-order valence-corrected chi connectivity index (χ1v) is 14.3. The van der Waals surface area contributed by atoms with E-state index in [9.17, 15) is 10.1 Å². The van der Waals surface area contributed by atoms with Crippen LogP contribution in [0.5, 0.6) is 5.75 Å². The second-order valence-corrected chi connectivity index (χ2v) is 10.5. The second kappa shape index (κ2) is 16.8. The first kappa shape index (κ1) is 30.4. The van der Waals surface area contributed by atoms with E-state index >= 15 is 0 Å². The van der Waals surface area contributed by atoms with Crippen LogP contribution >= 0.6 is 0 Å². The van der Waals surface area contributed by atoms with Gasteiger partial charge in [0.15, 0.2) is 5.41 Å². The fourth-order valence-electron chi connectivity index (χ4n) is 4.43. The van der Waals surface area contributed by atoms with Gasteiger partial charge in [-0.3, -0.25) is 4.79 Å². The molecule has 0 saturated heterocycles. The van der Waals surface area contributed by atoms with Gasteiger partial charge in [-0.25, -0.2) is 0 Å². The quantitative estimate of drug-likeness (QED) is 0.150. The molecule has 0 aliphatic rings. The van der Waals surface area contributed by atoms with Gasteiger partial charge in [-0.1, -0.05) is 115 Å². The number of ether oxygens (including phenoxy) is 2. The van der Waals surface area contributed by atoms with Crippen LogP contribution in [0.4, 0.5) is 0 Å². The molecule has 4 heteroatoms. The van der Waals surface area contributed by atoms with Crippen molar-refractivity contribution in [3.8, 4) is 22.9 Å². The molecule has 0 aliphatic carbocycles. The Balaban J connectivity index is 1.82. The Morgan fingerprint density at radius 3 is 1.97 bits per heavy atom. The van der Waals surface area contributed by atoms with Gasteiger partial charge in [0.2, 0.25) is 0 Å². The smallest absolute Gasteiger partial charge is 0.326 e. The number of carbonyl (C=O) groups excluding carboxylic acids is 1. The molecule has 0 aliphatic heterocycles. The number of hydrogen-bond acceptors (Lipinski definition) is 4. The summed E-state index contributed by atoms with van der Waals surface area (Å²) in [5.41, 5.74) is 2.00. The van der Waals surface area contributed by atoms with Gasteiger partial charge in [0.25, 0.3) is 0 Å². The molecule has 0 amide bonds. The number of nitriles is 1. The maximum absolute atomic E-state index is 12.8. The summed E-state index contributed by atoms with van der Waals surface area (Å²) in [6.07, 6.45) is 12.9. The zero-order valence-electron chi connectivity index (χ0n) is 23.6. The second-order valence-electron chi connectivity index (χ2n) is 10.5. The molecular weight excluding hydrogens is 458 g/mol. The van der Waals surface area contributed by atoms with Crippen LogP contribution in [0.25, 0.3) is 11.1 Å². The Kier molecular flexibility index (Phi) is 13.9. The van der Waals surface area contributed by atoms with Crippen molar-refractivity contribution in [2.45, 2.75) is 105 Å². The minimum Gasteiger partial charge on any atom is -0.494 e. The molecule has 0 spiro atoms. The summed E-state index contributed by atoms with van der Waals surface area (Å²) in [6, 6.07) is 18.5. The summed E-state index contributed by atoms with van der Waals surface area (Å²) in [7, 11) is 0. The number of nitrogens with zero attached hydrogens (tertiary/aromatic N) is 1. The van der Waals surface area contributed by atoms with Crippen LogP contribution in [0.3, 0.4) is 0 Å². The van der Waals surface area contributed by atoms with Crippen LogP contribution in [0.15, 0.2) is 48.5 Å². The van der Waals surface area contributed by atoms with Gasteiger partial charge in [0.05, 0.1) is 12.7 Å². The SMILES string of the molecule is CCCCCCCCOc1ccc(-c2ccc(COC(=O)[C@](C)(C#N)[C@H](C)CCCCCC)cc2)cc1. The van der Waals surface area contributed by atoms with Gasteiger partial charge in [-0.2, -0.15) is 5.26 Å². The van der Waals surface area contributed by atoms with E-state index in [1.54, 1.807) is 6.92 Å². The standard InChI is InChI=1S/C33H47NO3/c1-5-7-9-11-12-14-24-36-31-22-20-30(21-23-31)29-18-16-28(17-19-29)25-37-32(35)33(4,26-34)27(3)15-13-10-8-6-2/h16-23,27H,5-15,24-25H2,1-4H3/t27-,33-/m1/s1. The van der Waals surface area contributed by atoms with Gasteiger partial charge in [0.1, 0.15) is 12.4 Å². The lowest BCUT2D eigenvalue weighted by molar-refractivity contribution is -0.155. The van der Waals surface area contributed by atoms with E-state index in [0.717, 1.165) is 54.7 Å². The van der Waals surface area contributed by atoms with Crippen molar-refractivity contribution >= 4 is 5.97 Å². The highest BCUT2D eigenvalue weighted by Gasteiger charge is 2.40. The number of carbonyl (C=O) groups is 1. The van der Waals surface area contributed by atoms with Crippen LogP contribution in [-0.2, 0) is 16.1 Å². The molecule has 37 heavy (non-hydrogen) atoms. The summed E-state index contributed by atoms with van der Waals surface area (Å²) >= 11 is 0. The van der Waals surface area contributed by atoms with Crippen LogP contribution < -0.4 is 4.74 Å². The maximum Gasteiger partial charge on any atom is 0.326 e. The highest BCUT2D eigenvalue weighted by Crippen LogP contribution is 2.33. The fraction of sp³-hybridized carbons (Fsp3) is 0.576. The van der Waals surface area contributed by atoms with Gasteiger partial charge >= 0.3 is 5.97 Å². The maximum atomic E-state index is 12.8. The monoisotopic (exact) mass is 505 g/mol. The number of rotatable bonds is 18.